The van der Waals surface area contributed by atoms with Crippen LogP contribution in [0.15, 0.2) is 6.07 Å². The summed E-state index contributed by atoms with van der Waals surface area (Å²) in [4.78, 5) is 11.9. The fourth-order valence-corrected chi connectivity index (χ4v) is 3.02. The summed E-state index contributed by atoms with van der Waals surface area (Å²) in [5.74, 6) is -1.09. The lowest BCUT2D eigenvalue weighted by Crippen LogP contribution is -2.27. The Morgan fingerprint density at radius 3 is 2.40 bits per heavy atom. The van der Waals surface area contributed by atoms with Crippen molar-refractivity contribution in [2.24, 2.45) is 0 Å². The average molecular weight is 395 g/mol. The molecule has 0 aromatic heterocycles. The molecule has 0 saturated heterocycles. The van der Waals surface area contributed by atoms with Crippen LogP contribution in [-0.4, -0.2) is 41.4 Å². The van der Waals surface area contributed by atoms with Crippen LogP contribution in [0.25, 0.3) is 0 Å². The number of hydrogen-bond acceptors (Lipinski definition) is 4. The standard InChI is InChI=1S/C18H28ClFO4S/c1-8-23-17-12(11(2)21)9-13(19)16(20)15(17)14(22)10-24-25(6,7)18(3,4)5/h9,14,22H,8,10H2,1-7H3. The number of hydrogen-bond donors (Lipinski definition) is 1. The zero-order valence-electron chi connectivity index (χ0n) is 15.9. The molecular weight excluding hydrogens is 367 g/mol. The molecule has 1 aromatic rings. The third-order valence-corrected chi connectivity index (χ3v) is 8.15. The summed E-state index contributed by atoms with van der Waals surface area (Å²) in [7, 11) is -1.50. The first-order valence-corrected chi connectivity index (χ1v) is 10.8. The Kier molecular flexibility index (Phi) is 7.33. The molecule has 0 aliphatic heterocycles. The van der Waals surface area contributed by atoms with Gasteiger partial charge in [0.2, 0.25) is 0 Å². The number of carbonyl (C=O) groups excluding carboxylic acids is 1. The number of aliphatic hydroxyl groups is 1. The largest absolute Gasteiger partial charge is 0.493 e. The van der Waals surface area contributed by atoms with Crippen molar-refractivity contribution in [3.05, 3.63) is 28.0 Å². The lowest BCUT2D eigenvalue weighted by Gasteiger charge is -2.44. The molecule has 0 aliphatic carbocycles. The highest BCUT2D eigenvalue weighted by atomic mass is 35.5. The summed E-state index contributed by atoms with van der Waals surface area (Å²) < 4.78 is 25.9. The van der Waals surface area contributed by atoms with Gasteiger partial charge in [0, 0.05) is 4.75 Å². The van der Waals surface area contributed by atoms with Crippen LogP contribution in [0.1, 0.15) is 56.6 Å². The molecule has 25 heavy (non-hydrogen) atoms. The first-order chi connectivity index (χ1) is 11.3. The van der Waals surface area contributed by atoms with Crippen LogP contribution >= 0.6 is 21.9 Å². The Labute approximate surface area is 156 Å². The van der Waals surface area contributed by atoms with Crippen LogP contribution in [0.2, 0.25) is 5.02 Å². The molecule has 1 unspecified atom stereocenters. The maximum absolute atomic E-state index is 14.6. The number of halogens is 2. The lowest BCUT2D eigenvalue weighted by molar-refractivity contribution is 0.0999. The van der Waals surface area contributed by atoms with E-state index in [2.05, 4.69) is 0 Å². The molecule has 0 fully saturated rings. The van der Waals surface area contributed by atoms with Crippen molar-refractivity contribution < 1.29 is 23.2 Å². The molecule has 1 atom stereocenters. The third-order valence-electron chi connectivity index (χ3n) is 4.20. The maximum Gasteiger partial charge on any atom is 0.163 e. The molecule has 0 amide bonds. The number of aliphatic hydroxyl groups excluding tert-OH is 1. The maximum atomic E-state index is 14.6. The first-order valence-electron chi connectivity index (χ1n) is 8.04. The van der Waals surface area contributed by atoms with Crippen LogP contribution in [0.5, 0.6) is 5.75 Å². The summed E-state index contributed by atoms with van der Waals surface area (Å²) in [6.45, 7) is 9.31. The van der Waals surface area contributed by atoms with Gasteiger partial charge in [-0.25, -0.2) is 4.39 Å². The molecule has 0 spiro atoms. The van der Waals surface area contributed by atoms with Gasteiger partial charge in [0.15, 0.2) is 11.6 Å². The topological polar surface area (TPSA) is 55.8 Å². The molecule has 7 heteroatoms. The van der Waals surface area contributed by atoms with Gasteiger partial charge in [-0.05, 0) is 32.4 Å². The van der Waals surface area contributed by atoms with E-state index in [-0.39, 0.29) is 45.6 Å². The number of ether oxygens (including phenoxy) is 1. The molecule has 144 valence electrons. The van der Waals surface area contributed by atoms with Crippen molar-refractivity contribution in [3.63, 3.8) is 0 Å². The van der Waals surface area contributed by atoms with Crippen molar-refractivity contribution in [3.8, 4) is 5.75 Å². The normalized spacial score (nSPS) is 14.3. The predicted molar refractivity (Wildman–Crippen MR) is 103 cm³/mol. The Morgan fingerprint density at radius 2 is 1.96 bits per heavy atom. The van der Waals surface area contributed by atoms with Gasteiger partial charge in [0.05, 0.1) is 29.4 Å². The molecular formula is C18H28ClFO4S. The minimum Gasteiger partial charge on any atom is -0.493 e. The van der Waals surface area contributed by atoms with Crippen molar-refractivity contribution in [1.29, 1.82) is 0 Å². The highest BCUT2D eigenvalue weighted by Gasteiger charge is 2.32. The van der Waals surface area contributed by atoms with E-state index in [0.29, 0.717) is 0 Å². The summed E-state index contributed by atoms with van der Waals surface area (Å²) >= 11 is 5.91. The highest BCUT2D eigenvalue weighted by Crippen LogP contribution is 2.54. The summed E-state index contributed by atoms with van der Waals surface area (Å²) in [5, 5.41) is 10.3. The van der Waals surface area contributed by atoms with E-state index in [1.54, 1.807) is 6.92 Å². The van der Waals surface area contributed by atoms with Crippen molar-refractivity contribution in [1.82, 2.24) is 0 Å². The fraction of sp³-hybridized carbons (Fsp3) is 0.611. The molecule has 0 saturated carbocycles. The Balaban J connectivity index is 3.28. The summed E-state index contributed by atoms with van der Waals surface area (Å²) in [5.41, 5.74) is 0.00777. The molecule has 0 aliphatic rings. The number of ketones is 1. The van der Waals surface area contributed by atoms with E-state index in [9.17, 15) is 14.3 Å². The second-order valence-electron chi connectivity index (χ2n) is 7.10. The fourth-order valence-electron chi connectivity index (χ4n) is 1.98. The number of rotatable bonds is 7. The summed E-state index contributed by atoms with van der Waals surface area (Å²) in [6.07, 6.45) is 2.67. The van der Waals surface area contributed by atoms with Gasteiger partial charge in [0.25, 0.3) is 0 Å². The van der Waals surface area contributed by atoms with Crippen LogP contribution in [0.3, 0.4) is 0 Å². The number of Topliss-reactive ketones (excluding diaryl/α,β-unsaturated/α-hetero) is 1. The third kappa shape index (κ3) is 5.09. The van der Waals surface area contributed by atoms with Gasteiger partial charge in [0.1, 0.15) is 11.9 Å². The van der Waals surface area contributed by atoms with Gasteiger partial charge in [-0.2, -0.15) is 0 Å². The van der Waals surface area contributed by atoms with E-state index in [1.165, 1.54) is 13.0 Å². The van der Waals surface area contributed by atoms with Crippen LogP contribution in [0.4, 0.5) is 4.39 Å². The SMILES string of the molecule is CCOc1c(C(C)=O)cc(Cl)c(F)c1C(O)COS(C)(C)C(C)(C)C. The van der Waals surface area contributed by atoms with Crippen LogP contribution < -0.4 is 4.74 Å². The minimum atomic E-state index is -1.50. The second-order valence-corrected chi connectivity index (χ2v) is 11.4. The van der Waals surface area contributed by atoms with Crippen molar-refractivity contribution in [2.45, 2.75) is 45.5 Å². The average Bonchev–Trinajstić information content (AvgIpc) is 2.47. The molecule has 0 bridgehead atoms. The van der Waals surface area contributed by atoms with Crippen LogP contribution in [-0.2, 0) is 4.18 Å². The predicted octanol–water partition coefficient (Wildman–Crippen LogP) is 4.91. The Bertz CT molecular complexity index is 641. The van der Waals surface area contributed by atoms with Gasteiger partial charge in [-0.1, -0.05) is 32.4 Å². The second kappa shape index (κ2) is 8.25. The smallest absolute Gasteiger partial charge is 0.163 e. The minimum absolute atomic E-state index is 0.0246. The zero-order chi connectivity index (χ0) is 19.6. The Morgan fingerprint density at radius 1 is 1.40 bits per heavy atom. The first kappa shape index (κ1) is 22.2. The molecule has 0 heterocycles. The van der Waals surface area contributed by atoms with Gasteiger partial charge in [-0.15, -0.1) is 10.3 Å². The number of carbonyl (C=O) groups is 1. The van der Waals surface area contributed by atoms with Crippen molar-refractivity contribution >= 4 is 27.7 Å². The van der Waals surface area contributed by atoms with Gasteiger partial charge in [-0.3, -0.25) is 4.79 Å². The molecule has 1 aromatic carbocycles. The molecule has 0 radical (unpaired) electrons. The van der Waals surface area contributed by atoms with E-state index in [4.69, 9.17) is 20.5 Å². The Hall–Kier alpha value is -0.820. The quantitative estimate of drug-likeness (QED) is 0.667. The van der Waals surface area contributed by atoms with E-state index in [0.717, 1.165) is 0 Å². The lowest BCUT2D eigenvalue weighted by atomic mass is 10.0. The van der Waals surface area contributed by atoms with E-state index < -0.39 is 22.2 Å². The number of benzene rings is 1. The summed E-state index contributed by atoms with van der Waals surface area (Å²) in [6, 6.07) is 1.23. The van der Waals surface area contributed by atoms with E-state index >= 15 is 0 Å². The van der Waals surface area contributed by atoms with Crippen LogP contribution in [0, 0.1) is 5.82 Å². The molecule has 4 nitrogen and oxygen atoms in total. The van der Waals surface area contributed by atoms with Gasteiger partial charge < -0.3 is 14.0 Å². The molecule has 1 rings (SSSR count). The van der Waals surface area contributed by atoms with Gasteiger partial charge >= 0.3 is 0 Å². The zero-order valence-corrected chi connectivity index (χ0v) is 17.5. The van der Waals surface area contributed by atoms with Crippen molar-refractivity contribution in [2.75, 3.05) is 25.7 Å². The highest BCUT2D eigenvalue weighted by molar-refractivity contribution is 8.29. The molecule has 1 N–H and O–H groups in total. The van der Waals surface area contributed by atoms with E-state index in [1.807, 2.05) is 33.3 Å². The monoisotopic (exact) mass is 394 g/mol.